The molecule has 0 aliphatic carbocycles. The van der Waals surface area contributed by atoms with Crippen molar-refractivity contribution >= 4 is 0 Å². The topological polar surface area (TPSA) is 72.2 Å². The second-order valence-corrected chi connectivity index (χ2v) is 7.14. The highest BCUT2D eigenvalue weighted by Gasteiger charge is 2.34. The number of allylic oxidation sites excluding steroid dienone is 1. The molecule has 1 aromatic rings. The number of aromatic nitrogens is 2. The Morgan fingerprint density at radius 3 is 2.78 bits per heavy atom. The minimum atomic E-state index is -0.421. The SMILES string of the molecule is CC(C)=CCN1C[C@H]2CC[C@@H]1CN(Cc1cc(=O)[nH]c(=O)[nH]1)C2. The highest BCUT2D eigenvalue weighted by molar-refractivity contribution is 5.02. The number of rotatable bonds is 4. The minimum absolute atomic E-state index is 0.327. The molecule has 0 amide bonds. The second-order valence-electron chi connectivity index (χ2n) is 7.14. The Hall–Kier alpha value is -1.66. The van der Waals surface area contributed by atoms with Crippen LogP contribution < -0.4 is 11.2 Å². The third-order valence-corrected chi connectivity index (χ3v) is 4.85. The van der Waals surface area contributed by atoms with E-state index in [0.29, 0.717) is 24.2 Å². The van der Waals surface area contributed by atoms with Gasteiger partial charge >= 0.3 is 5.69 Å². The summed E-state index contributed by atoms with van der Waals surface area (Å²) in [6, 6.07) is 2.06. The zero-order chi connectivity index (χ0) is 16.4. The van der Waals surface area contributed by atoms with Crippen molar-refractivity contribution in [1.82, 2.24) is 19.8 Å². The number of nitrogens with one attached hydrogen (secondary N) is 2. The van der Waals surface area contributed by atoms with E-state index in [0.717, 1.165) is 26.2 Å². The van der Waals surface area contributed by atoms with Crippen LogP contribution >= 0.6 is 0 Å². The molecule has 4 heterocycles. The number of fused-ring (bicyclic) bond motifs is 4. The van der Waals surface area contributed by atoms with Gasteiger partial charge in [-0.15, -0.1) is 0 Å². The lowest BCUT2D eigenvalue weighted by molar-refractivity contribution is 0.146. The number of piperidine rings is 1. The molecule has 3 saturated heterocycles. The van der Waals surface area contributed by atoms with Crippen molar-refractivity contribution in [2.75, 3.05) is 26.2 Å². The zero-order valence-corrected chi connectivity index (χ0v) is 14.0. The van der Waals surface area contributed by atoms with E-state index in [4.69, 9.17) is 0 Å². The first-order chi connectivity index (χ1) is 11.0. The summed E-state index contributed by atoms with van der Waals surface area (Å²) in [4.78, 5) is 32.8. The Labute approximate surface area is 136 Å². The van der Waals surface area contributed by atoms with Gasteiger partial charge in [0.1, 0.15) is 0 Å². The summed E-state index contributed by atoms with van der Waals surface area (Å²) in [6.45, 7) is 9.15. The maximum Gasteiger partial charge on any atom is 0.325 e. The number of aromatic amines is 2. The van der Waals surface area contributed by atoms with Crippen LogP contribution in [0.1, 0.15) is 32.4 Å². The number of nitrogens with zero attached hydrogens (tertiary/aromatic N) is 2. The lowest BCUT2D eigenvalue weighted by Gasteiger charge is -2.35. The summed E-state index contributed by atoms with van der Waals surface area (Å²) in [5, 5.41) is 0. The quantitative estimate of drug-likeness (QED) is 0.810. The van der Waals surface area contributed by atoms with Crippen LogP contribution in [0.5, 0.6) is 0 Å². The van der Waals surface area contributed by atoms with E-state index >= 15 is 0 Å². The third-order valence-electron chi connectivity index (χ3n) is 4.85. The molecule has 6 heteroatoms. The maximum atomic E-state index is 11.5. The number of hydrogen-bond donors (Lipinski definition) is 2. The Kier molecular flexibility index (Phi) is 4.82. The standard InChI is InChI=1S/C17H26N4O2/c1-12(2)5-6-21-9-13-3-4-15(21)11-20(8-13)10-14-7-16(22)19-17(23)18-14/h5,7,13,15H,3-4,6,8-11H2,1-2H3,(H2,18,19,22,23)/t13-,15+/m0/s1. The highest BCUT2D eigenvalue weighted by atomic mass is 16.2. The third kappa shape index (κ3) is 4.20. The first-order valence-electron chi connectivity index (χ1n) is 8.42. The van der Waals surface area contributed by atoms with Crippen LogP contribution in [-0.4, -0.2) is 52.0 Å². The lowest BCUT2D eigenvalue weighted by atomic mass is 9.95. The smallest absolute Gasteiger partial charge is 0.310 e. The summed E-state index contributed by atoms with van der Waals surface area (Å²) in [6.07, 6.45) is 4.82. The maximum absolute atomic E-state index is 11.5. The molecule has 6 nitrogen and oxygen atoms in total. The number of H-pyrrole nitrogens is 2. The average molecular weight is 318 g/mol. The van der Waals surface area contributed by atoms with Gasteiger partial charge in [-0.1, -0.05) is 11.6 Å². The van der Waals surface area contributed by atoms with Gasteiger partial charge in [0.05, 0.1) is 0 Å². The predicted molar refractivity (Wildman–Crippen MR) is 90.5 cm³/mol. The fourth-order valence-corrected chi connectivity index (χ4v) is 3.77. The van der Waals surface area contributed by atoms with Gasteiger partial charge < -0.3 is 4.98 Å². The van der Waals surface area contributed by atoms with Gasteiger partial charge in [-0.05, 0) is 32.6 Å². The van der Waals surface area contributed by atoms with Gasteiger partial charge in [-0.2, -0.15) is 0 Å². The molecule has 3 aliphatic rings. The fraction of sp³-hybridized carbons (Fsp3) is 0.647. The van der Waals surface area contributed by atoms with Crippen molar-refractivity contribution in [1.29, 1.82) is 0 Å². The molecule has 126 valence electrons. The van der Waals surface area contributed by atoms with Crippen molar-refractivity contribution in [3.05, 3.63) is 44.2 Å². The number of hydrogen-bond acceptors (Lipinski definition) is 4. The van der Waals surface area contributed by atoms with Gasteiger partial charge in [0.15, 0.2) is 0 Å². The van der Waals surface area contributed by atoms with Crippen LogP contribution in [0.25, 0.3) is 0 Å². The van der Waals surface area contributed by atoms with Crippen LogP contribution in [-0.2, 0) is 6.54 Å². The van der Waals surface area contributed by atoms with E-state index in [9.17, 15) is 9.59 Å². The molecule has 1 aromatic heterocycles. The first kappa shape index (κ1) is 16.2. The molecule has 2 atom stereocenters. The molecule has 23 heavy (non-hydrogen) atoms. The van der Waals surface area contributed by atoms with E-state index in [1.165, 1.54) is 24.5 Å². The molecule has 0 spiro atoms. The van der Waals surface area contributed by atoms with Crippen molar-refractivity contribution in [3.63, 3.8) is 0 Å². The van der Waals surface area contributed by atoms with Crippen molar-refractivity contribution in [2.24, 2.45) is 5.92 Å². The summed E-state index contributed by atoms with van der Waals surface area (Å²) < 4.78 is 0. The molecule has 4 rings (SSSR count). The van der Waals surface area contributed by atoms with Gasteiger partial charge in [-0.25, -0.2) is 4.79 Å². The van der Waals surface area contributed by atoms with E-state index in [1.807, 2.05) is 0 Å². The fourth-order valence-electron chi connectivity index (χ4n) is 3.77. The summed E-state index contributed by atoms with van der Waals surface area (Å²) in [5.74, 6) is 0.674. The van der Waals surface area contributed by atoms with Crippen molar-refractivity contribution in [3.8, 4) is 0 Å². The van der Waals surface area contributed by atoms with Crippen LogP contribution in [0.4, 0.5) is 0 Å². The molecule has 3 aliphatic heterocycles. The molecule has 3 fully saturated rings. The van der Waals surface area contributed by atoms with E-state index in [2.05, 4.69) is 39.7 Å². The van der Waals surface area contributed by atoms with Gasteiger partial charge in [-0.3, -0.25) is 19.6 Å². The molecule has 2 bridgehead atoms. The lowest BCUT2D eigenvalue weighted by Crippen LogP contribution is -2.43. The Morgan fingerprint density at radius 1 is 1.22 bits per heavy atom. The van der Waals surface area contributed by atoms with E-state index < -0.39 is 5.69 Å². The van der Waals surface area contributed by atoms with Crippen LogP contribution in [0, 0.1) is 5.92 Å². The normalized spacial score (nSPS) is 25.3. The Balaban J connectivity index is 1.70. The largest absolute Gasteiger partial charge is 0.325 e. The summed E-state index contributed by atoms with van der Waals surface area (Å²) in [7, 11) is 0. The first-order valence-corrected chi connectivity index (χ1v) is 8.42. The molecule has 0 saturated carbocycles. The molecule has 0 radical (unpaired) electrons. The average Bonchev–Trinajstić information content (AvgIpc) is 2.74. The van der Waals surface area contributed by atoms with Crippen LogP contribution in [0.15, 0.2) is 27.3 Å². The van der Waals surface area contributed by atoms with Gasteiger partial charge in [0.2, 0.25) is 0 Å². The Morgan fingerprint density at radius 2 is 2.04 bits per heavy atom. The van der Waals surface area contributed by atoms with E-state index in [-0.39, 0.29) is 5.56 Å². The van der Waals surface area contributed by atoms with E-state index in [1.54, 1.807) is 0 Å². The predicted octanol–water partition coefficient (Wildman–Crippen LogP) is 0.926. The molecule has 2 N–H and O–H groups in total. The zero-order valence-electron chi connectivity index (χ0n) is 14.0. The Bertz CT molecular complexity index is 658. The van der Waals surface area contributed by atoms with Crippen molar-refractivity contribution in [2.45, 2.75) is 39.3 Å². The molecular formula is C17H26N4O2. The molecule has 0 aromatic carbocycles. The second kappa shape index (κ2) is 6.84. The highest BCUT2D eigenvalue weighted by Crippen LogP contribution is 2.28. The monoisotopic (exact) mass is 318 g/mol. The van der Waals surface area contributed by atoms with Gasteiger partial charge in [0, 0.05) is 50.5 Å². The summed E-state index contributed by atoms with van der Waals surface area (Å²) in [5.41, 5.74) is 1.32. The van der Waals surface area contributed by atoms with Crippen molar-refractivity contribution < 1.29 is 0 Å². The summed E-state index contributed by atoms with van der Waals surface area (Å²) >= 11 is 0. The molecular weight excluding hydrogens is 292 g/mol. The minimum Gasteiger partial charge on any atom is -0.310 e. The van der Waals surface area contributed by atoms with Crippen LogP contribution in [0.3, 0.4) is 0 Å². The molecule has 0 unspecified atom stereocenters. The van der Waals surface area contributed by atoms with Gasteiger partial charge in [0.25, 0.3) is 5.56 Å². The van der Waals surface area contributed by atoms with Crippen LogP contribution in [0.2, 0.25) is 0 Å².